The summed E-state index contributed by atoms with van der Waals surface area (Å²) in [7, 11) is 1.23. The van der Waals surface area contributed by atoms with E-state index in [-0.39, 0.29) is 12.3 Å². The average molecular weight is 273 g/mol. The van der Waals surface area contributed by atoms with Gasteiger partial charge in [-0.3, -0.25) is 4.79 Å². The monoisotopic (exact) mass is 273 g/mol. The maximum atomic E-state index is 13.8. The van der Waals surface area contributed by atoms with Gasteiger partial charge in [-0.15, -0.1) is 0 Å². The number of hydrogen-bond acceptors (Lipinski definition) is 3. The summed E-state index contributed by atoms with van der Waals surface area (Å²) < 4.78 is 31.9. The zero-order chi connectivity index (χ0) is 14.4. The lowest BCUT2D eigenvalue weighted by atomic mass is 10.1. The van der Waals surface area contributed by atoms with Crippen LogP contribution in [0.25, 0.3) is 0 Å². The number of carbonyl (C=O) groups is 1. The van der Waals surface area contributed by atoms with E-state index < -0.39 is 29.2 Å². The molecule has 0 saturated heterocycles. The second-order valence-electron chi connectivity index (χ2n) is 4.05. The number of amides is 1. The van der Waals surface area contributed by atoms with Gasteiger partial charge < -0.3 is 15.2 Å². The Bertz CT molecular complexity index is 452. The number of benzene rings is 1. The Morgan fingerprint density at radius 2 is 2.16 bits per heavy atom. The number of halogens is 2. The van der Waals surface area contributed by atoms with Crippen LogP contribution in [-0.2, 0) is 0 Å². The third-order valence-corrected chi connectivity index (χ3v) is 2.74. The van der Waals surface area contributed by atoms with E-state index in [0.29, 0.717) is 12.8 Å². The zero-order valence-corrected chi connectivity index (χ0v) is 10.9. The molecule has 4 nitrogen and oxygen atoms in total. The lowest BCUT2D eigenvalue weighted by Gasteiger charge is -2.11. The summed E-state index contributed by atoms with van der Waals surface area (Å²) in [5.41, 5.74) is -0.676. The van der Waals surface area contributed by atoms with Crippen molar-refractivity contribution in [2.75, 3.05) is 13.7 Å². The van der Waals surface area contributed by atoms with Gasteiger partial charge in [0, 0.05) is 6.54 Å². The Hall–Kier alpha value is -1.69. The van der Waals surface area contributed by atoms with E-state index >= 15 is 0 Å². The van der Waals surface area contributed by atoms with Gasteiger partial charge in [0.25, 0.3) is 5.91 Å². The molecule has 0 bridgehead atoms. The quantitative estimate of drug-likeness (QED) is 0.831. The van der Waals surface area contributed by atoms with Crippen LogP contribution in [0, 0.1) is 11.6 Å². The van der Waals surface area contributed by atoms with Crippen molar-refractivity contribution in [3.63, 3.8) is 0 Å². The highest BCUT2D eigenvalue weighted by atomic mass is 19.1. The van der Waals surface area contributed by atoms with Crippen molar-refractivity contribution >= 4 is 5.91 Å². The fourth-order valence-corrected chi connectivity index (χ4v) is 1.54. The molecule has 1 rings (SSSR count). The SMILES string of the molecule is CCC(O)CCNC(=O)c1c(F)ccc(OC)c1F. The van der Waals surface area contributed by atoms with Gasteiger partial charge in [-0.25, -0.2) is 8.78 Å². The van der Waals surface area contributed by atoms with Crippen LogP contribution in [-0.4, -0.2) is 30.8 Å². The molecule has 1 atom stereocenters. The molecule has 1 amide bonds. The molecule has 0 aliphatic carbocycles. The van der Waals surface area contributed by atoms with Crippen molar-refractivity contribution in [2.45, 2.75) is 25.9 Å². The zero-order valence-electron chi connectivity index (χ0n) is 10.9. The predicted octanol–water partition coefficient (Wildman–Crippen LogP) is 1.86. The molecule has 0 saturated carbocycles. The van der Waals surface area contributed by atoms with Gasteiger partial charge in [0.05, 0.1) is 13.2 Å². The number of hydrogen-bond donors (Lipinski definition) is 2. The summed E-state index contributed by atoms with van der Waals surface area (Å²) >= 11 is 0. The van der Waals surface area contributed by atoms with Crippen LogP contribution in [0.5, 0.6) is 5.75 Å². The summed E-state index contributed by atoms with van der Waals surface area (Å²) in [4.78, 5) is 11.7. The van der Waals surface area contributed by atoms with E-state index in [1.54, 1.807) is 6.92 Å². The predicted molar refractivity (Wildman–Crippen MR) is 66.2 cm³/mol. The summed E-state index contributed by atoms with van der Waals surface area (Å²) in [5.74, 6) is -3.04. The number of ether oxygens (including phenoxy) is 1. The molecule has 2 N–H and O–H groups in total. The Labute approximate surface area is 110 Å². The largest absolute Gasteiger partial charge is 0.494 e. The van der Waals surface area contributed by atoms with E-state index in [9.17, 15) is 18.7 Å². The van der Waals surface area contributed by atoms with Gasteiger partial charge >= 0.3 is 0 Å². The molecule has 106 valence electrons. The van der Waals surface area contributed by atoms with Crippen LogP contribution in [0.1, 0.15) is 30.1 Å². The second kappa shape index (κ2) is 7.04. The number of nitrogens with one attached hydrogen (secondary N) is 1. The molecule has 0 aromatic heterocycles. The molecular formula is C13H17F2NO3. The minimum Gasteiger partial charge on any atom is -0.494 e. The first-order valence-corrected chi connectivity index (χ1v) is 5.99. The number of methoxy groups -OCH3 is 1. The minimum absolute atomic E-state index is 0.143. The Balaban J connectivity index is 2.76. The fourth-order valence-electron chi connectivity index (χ4n) is 1.54. The maximum absolute atomic E-state index is 13.8. The van der Waals surface area contributed by atoms with Gasteiger partial charge in [-0.1, -0.05) is 6.92 Å². The van der Waals surface area contributed by atoms with Crippen molar-refractivity contribution in [1.82, 2.24) is 5.32 Å². The van der Waals surface area contributed by atoms with Crippen molar-refractivity contribution in [3.8, 4) is 5.75 Å². The van der Waals surface area contributed by atoms with Gasteiger partial charge in [0.1, 0.15) is 11.4 Å². The first-order chi connectivity index (χ1) is 9.01. The molecule has 19 heavy (non-hydrogen) atoms. The standard InChI is InChI=1S/C13H17F2NO3/c1-3-8(17)6-7-16-13(18)11-9(14)4-5-10(19-2)12(11)15/h4-5,8,17H,3,6-7H2,1-2H3,(H,16,18). The minimum atomic E-state index is -1.03. The summed E-state index contributed by atoms with van der Waals surface area (Å²) in [6.07, 6.45) is 0.341. The van der Waals surface area contributed by atoms with Crippen LogP contribution in [0.4, 0.5) is 8.78 Å². The number of aliphatic hydroxyl groups excluding tert-OH is 1. The highest BCUT2D eigenvalue weighted by molar-refractivity contribution is 5.95. The Morgan fingerprint density at radius 3 is 2.74 bits per heavy atom. The van der Waals surface area contributed by atoms with Crippen LogP contribution >= 0.6 is 0 Å². The van der Waals surface area contributed by atoms with Crippen LogP contribution < -0.4 is 10.1 Å². The van der Waals surface area contributed by atoms with Gasteiger partial charge in [0.2, 0.25) is 0 Å². The molecular weight excluding hydrogens is 256 g/mol. The van der Waals surface area contributed by atoms with Gasteiger partial charge in [-0.2, -0.15) is 0 Å². The van der Waals surface area contributed by atoms with Gasteiger partial charge in [0.15, 0.2) is 11.6 Å². The molecule has 1 aromatic rings. The van der Waals surface area contributed by atoms with Crippen molar-refractivity contribution < 1.29 is 23.4 Å². The van der Waals surface area contributed by atoms with E-state index in [2.05, 4.69) is 10.1 Å². The number of rotatable bonds is 6. The summed E-state index contributed by atoms with van der Waals surface area (Å²) in [5, 5.41) is 11.7. The Morgan fingerprint density at radius 1 is 1.47 bits per heavy atom. The van der Waals surface area contributed by atoms with E-state index in [1.165, 1.54) is 7.11 Å². The molecule has 0 aliphatic rings. The summed E-state index contributed by atoms with van der Waals surface area (Å²) in [6, 6.07) is 2.08. The normalized spacial score (nSPS) is 12.1. The molecule has 6 heteroatoms. The molecule has 0 radical (unpaired) electrons. The van der Waals surface area contributed by atoms with Crippen LogP contribution in [0.15, 0.2) is 12.1 Å². The smallest absolute Gasteiger partial charge is 0.257 e. The third kappa shape index (κ3) is 3.89. The van der Waals surface area contributed by atoms with Crippen molar-refractivity contribution in [1.29, 1.82) is 0 Å². The number of carbonyl (C=O) groups excluding carboxylic acids is 1. The van der Waals surface area contributed by atoms with E-state index in [1.807, 2.05) is 0 Å². The topological polar surface area (TPSA) is 58.6 Å². The molecule has 0 fully saturated rings. The number of aliphatic hydroxyl groups is 1. The highest BCUT2D eigenvalue weighted by Gasteiger charge is 2.20. The second-order valence-corrected chi connectivity index (χ2v) is 4.05. The fraction of sp³-hybridized carbons (Fsp3) is 0.462. The lowest BCUT2D eigenvalue weighted by molar-refractivity contribution is 0.0932. The first kappa shape index (κ1) is 15.4. The molecule has 1 aromatic carbocycles. The third-order valence-electron chi connectivity index (χ3n) is 2.74. The highest BCUT2D eigenvalue weighted by Crippen LogP contribution is 2.22. The summed E-state index contributed by atoms with van der Waals surface area (Å²) in [6.45, 7) is 1.94. The average Bonchev–Trinajstić information content (AvgIpc) is 2.38. The molecule has 0 heterocycles. The molecule has 0 spiro atoms. The molecule has 0 aliphatic heterocycles. The van der Waals surface area contributed by atoms with Crippen LogP contribution in [0.3, 0.4) is 0 Å². The van der Waals surface area contributed by atoms with Crippen molar-refractivity contribution in [2.24, 2.45) is 0 Å². The maximum Gasteiger partial charge on any atom is 0.257 e. The first-order valence-electron chi connectivity index (χ1n) is 5.99. The lowest BCUT2D eigenvalue weighted by Crippen LogP contribution is -2.28. The Kier molecular flexibility index (Phi) is 5.69. The van der Waals surface area contributed by atoms with Crippen molar-refractivity contribution in [3.05, 3.63) is 29.3 Å². The molecule has 1 unspecified atom stereocenters. The van der Waals surface area contributed by atoms with E-state index in [4.69, 9.17) is 0 Å². The van der Waals surface area contributed by atoms with E-state index in [0.717, 1.165) is 12.1 Å². The van der Waals surface area contributed by atoms with Crippen LogP contribution in [0.2, 0.25) is 0 Å². The van der Waals surface area contributed by atoms with Gasteiger partial charge in [-0.05, 0) is 25.0 Å².